The summed E-state index contributed by atoms with van der Waals surface area (Å²) in [6, 6.07) is 20.4. The van der Waals surface area contributed by atoms with E-state index in [2.05, 4.69) is 10.6 Å². The molecular formula is C35H38Cl2N4O4. The largest absolute Gasteiger partial charge is 0.494 e. The number of carbonyl (C=O) groups excluding carboxylic acids is 3. The minimum absolute atomic E-state index is 0.0895. The molecule has 0 radical (unpaired) electrons. The van der Waals surface area contributed by atoms with Gasteiger partial charge in [-0.25, -0.2) is 0 Å². The third-order valence-electron chi connectivity index (χ3n) is 8.50. The van der Waals surface area contributed by atoms with Gasteiger partial charge in [-0.05, 0) is 91.6 Å². The van der Waals surface area contributed by atoms with E-state index in [0.717, 1.165) is 61.0 Å². The van der Waals surface area contributed by atoms with Crippen molar-refractivity contribution < 1.29 is 19.1 Å². The minimum atomic E-state index is -0.663. The summed E-state index contributed by atoms with van der Waals surface area (Å²) < 4.78 is 5.81. The fourth-order valence-electron chi connectivity index (χ4n) is 5.72. The molecule has 2 aliphatic carbocycles. The quantitative estimate of drug-likeness (QED) is 0.238. The molecule has 3 amide bonds. The van der Waals surface area contributed by atoms with E-state index in [1.807, 2.05) is 65.6 Å². The van der Waals surface area contributed by atoms with E-state index in [1.54, 1.807) is 11.0 Å². The van der Waals surface area contributed by atoms with Gasteiger partial charge in [0.2, 0.25) is 17.7 Å². The minimum Gasteiger partial charge on any atom is -0.494 e. The Morgan fingerprint density at radius 3 is 2.49 bits per heavy atom. The van der Waals surface area contributed by atoms with Crippen LogP contribution in [0.1, 0.15) is 48.8 Å². The van der Waals surface area contributed by atoms with Crippen molar-refractivity contribution in [3.63, 3.8) is 0 Å². The standard InChI is InChI=1S/C35H38Cl2N4O4/c36-27-4-1-5-30(18-27)45-16-2-3-23-6-11-29(12-7-23)41-32(20-38-21-33(41)42)35(44)40(28-13-14-28)22-26-17-24(8-15-31(26)37)19-39-34(43)25-9-10-25/h1,4-8,11-12,15,17-18,25,28,32,38H,2-3,9-10,13-14,16,19-22H2,(H,39,43)/t32-/m1/s1. The molecule has 10 heteroatoms. The van der Waals surface area contributed by atoms with Gasteiger partial charge in [-0.15, -0.1) is 0 Å². The number of nitrogens with zero attached hydrogens (tertiary/aromatic N) is 2. The summed E-state index contributed by atoms with van der Waals surface area (Å²) in [5, 5.41) is 7.36. The topological polar surface area (TPSA) is 91.0 Å². The summed E-state index contributed by atoms with van der Waals surface area (Å²) >= 11 is 12.6. The molecule has 8 nitrogen and oxygen atoms in total. The predicted molar refractivity (Wildman–Crippen MR) is 175 cm³/mol. The van der Waals surface area contributed by atoms with Gasteiger partial charge in [0.1, 0.15) is 11.8 Å². The zero-order chi connectivity index (χ0) is 31.3. The van der Waals surface area contributed by atoms with Gasteiger partial charge >= 0.3 is 0 Å². The summed E-state index contributed by atoms with van der Waals surface area (Å²) in [5.41, 5.74) is 3.61. The van der Waals surface area contributed by atoms with Crippen LogP contribution in [-0.4, -0.2) is 54.4 Å². The van der Waals surface area contributed by atoms with Gasteiger partial charge in [0.15, 0.2) is 0 Å². The fourth-order valence-corrected chi connectivity index (χ4v) is 6.08. The third-order valence-corrected chi connectivity index (χ3v) is 9.11. The highest BCUT2D eigenvalue weighted by atomic mass is 35.5. The SMILES string of the molecule is O=C(NCc1ccc(Cl)c(CN(C(=O)[C@H]2CNCC(=O)N2c2ccc(CCCOc3cccc(Cl)c3)cc2)C2CC2)c1)C1CC1. The zero-order valence-electron chi connectivity index (χ0n) is 25.1. The van der Waals surface area contributed by atoms with Gasteiger partial charge in [0, 0.05) is 47.3 Å². The molecule has 3 fully saturated rings. The van der Waals surface area contributed by atoms with Crippen molar-refractivity contribution in [3.05, 3.63) is 93.5 Å². The van der Waals surface area contributed by atoms with Gasteiger partial charge in [0.25, 0.3) is 0 Å². The number of rotatable bonds is 13. The Morgan fingerprint density at radius 1 is 0.978 bits per heavy atom. The maximum absolute atomic E-state index is 14.2. The number of anilines is 1. The van der Waals surface area contributed by atoms with Crippen LogP contribution in [0.15, 0.2) is 66.7 Å². The lowest BCUT2D eigenvalue weighted by Gasteiger charge is -2.38. The number of halogens is 2. The van der Waals surface area contributed by atoms with E-state index in [9.17, 15) is 14.4 Å². The number of hydrogen-bond donors (Lipinski definition) is 2. The first-order valence-electron chi connectivity index (χ1n) is 15.7. The molecule has 1 heterocycles. The summed E-state index contributed by atoms with van der Waals surface area (Å²) in [6.07, 6.45) is 5.40. The second kappa shape index (κ2) is 14.2. The molecule has 1 atom stereocenters. The highest BCUT2D eigenvalue weighted by molar-refractivity contribution is 6.31. The number of nitrogens with one attached hydrogen (secondary N) is 2. The number of hydrogen-bond acceptors (Lipinski definition) is 5. The molecule has 0 spiro atoms. The second-order valence-corrected chi connectivity index (χ2v) is 12.9. The van der Waals surface area contributed by atoms with Gasteiger partial charge in [-0.3, -0.25) is 19.3 Å². The van der Waals surface area contributed by atoms with Gasteiger partial charge < -0.3 is 20.3 Å². The maximum atomic E-state index is 14.2. The first-order chi connectivity index (χ1) is 21.9. The Morgan fingerprint density at radius 2 is 1.76 bits per heavy atom. The summed E-state index contributed by atoms with van der Waals surface area (Å²) in [5.74, 6) is 0.754. The van der Waals surface area contributed by atoms with E-state index in [4.69, 9.17) is 27.9 Å². The average molecular weight is 650 g/mol. The molecule has 45 heavy (non-hydrogen) atoms. The van der Waals surface area contributed by atoms with Crippen LogP contribution in [0.2, 0.25) is 10.0 Å². The smallest absolute Gasteiger partial charge is 0.247 e. The van der Waals surface area contributed by atoms with Crippen LogP contribution in [0.5, 0.6) is 5.75 Å². The summed E-state index contributed by atoms with van der Waals surface area (Å²) in [7, 11) is 0. The average Bonchev–Trinajstić information content (AvgIpc) is 3.96. The number of piperazine rings is 1. The Labute approximate surface area is 274 Å². The van der Waals surface area contributed by atoms with Crippen LogP contribution in [-0.2, 0) is 33.9 Å². The van der Waals surface area contributed by atoms with Crippen LogP contribution >= 0.6 is 23.2 Å². The Kier molecular flexibility index (Phi) is 9.93. The highest BCUT2D eigenvalue weighted by Gasteiger charge is 2.41. The normalized spacial score (nSPS) is 18.0. The van der Waals surface area contributed by atoms with E-state index < -0.39 is 6.04 Å². The summed E-state index contributed by atoms with van der Waals surface area (Å²) in [4.78, 5) is 43.0. The lowest BCUT2D eigenvalue weighted by molar-refractivity contribution is -0.136. The van der Waals surface area contributed by atoms with Gasteiger partial charge in [0.05, 0.1) is 13.2 Å². The van der Waals surface area contributed by atoms with Crippen molar-refractivity contribution in [3.8, 4) is 5.75 Å². The Hall–Kier alpha value is -3.59. The van der Waals surface area contributed by atoms with Gasteiger partial charge in [-0.2, -0.15) is 0 Å². The molecule has 1 saturated heterocycles. The van der Waals surface area contributed by atoms with Crippen LogP contribution in [0.3, 0.4) is 0 Å². The molecule has 6 rings (SSSR count). The highest BCUT2D eigenvalue weighted by Crippen LogP contribution is 2.33. The fraction of sp³-hybridized carbons (Fsp3) is 0.400. The number of benzene rings is 3. The molecule has 0 aromatic heterocycles. The molecule has 3 aromatic rings. The Bertz CT molecular complexity index is 1540. The first-order valence-corrected chi connectivity index (χ1v) is 16.5. The molecule has 236 valence electrons. The number of aryl methyl sites for hydroxylation is 1. The van der Waals surface area contributed by atoms with Crippen molar-refractivity contribution in [1.82, 2.24) is 15.5 Å². The molecule has 0 unspecified atom stereocenters. The lowest BCUT2D eigenvalue weighted by atomic mass is 10.1. The van der Waals surface area contributed by atoms with Crippen LogP contribution < -0.4 is 20.3 Å². The third kappa shape index (κ3) is 8.17. The lowest BCUT2D eigenvalue weighted by Crippen LogP contribution is -2.61. The zero-order valence-corrected chi connectivity index (χ0v) is 26.7. The van der Waals surface area contributed by atoms with E-state index in [1.165, 1.54) is 0 Å². The second-order valence-electron chi connectivity index (χ2n) is 12.1. The van der Waals surface area contributed by atoms with Crippen LogP contribution in [0.25, 0.3) is 0 Å². The van der Waals surface area contributed by atoms with E-state index in [-0.39, 0.29) is 36.2 Å². The molecule has 2 saturated carbocycles. The summed E-state index contributed by atoms with van der Waals surface area (Å²) in [6.45, 7) is 1.89. The number of amides is 3. The first kappa shape index (κ1) is 31.4. The molecule has 3 aromatic carbocycles. The van der Waals surface area contributed by atoms with Crippen LogP contribution in [0, 0.1) is 5.92 Å². The number of ether oxygens (including phenoxy) is 1. The number of carbonyl (C=O) groups is 3. The maximum Gasteiger partial charge on any atom is 0.247 e. The monoisotopic (exact) mass is 648 g/mol. The van der Waals surface area contributed by atoms with Crippen LogP contribution in [0.4, 0.5) is 5.69 Å². The van der Waals surface area contributed by atoms with Crippen molar-refractivity contribution >= 4 is 46.6 Å². The molecule has 1 aliphatic heterocycles. The van der Waals surface area contributed by atoms with Crippen molar-refractivity contribution in [1.29, 1.82) is 0 Å². The molecular weight excluding hydrogens is 611 g/mol. The molecule has 3 aliphatic rings. The van der Waals surface area contributed by atoms with Crippen molar-refractivity contribution in [2.24, 2.45) is 5.92 Å². The van der Waals surface area contributed by atoms with Crippen molar-refractivity contribution in [2.75, 3.05) is 24.6 Å². The predicted octanol–water partition coefficient (Wildman–Crippen LogP) is 5.53. The van der Waals surface area contributed by atoms with E-state index in [0.29, 0.717) is 42.0 Å². The van der Waals surface area contributed by atoms with Crippen molar-refractivity contribution in [2.45, 2.75) is 63.7 Å². The molecule has 0 bridgehead atoms. The Balaban J connectivity index is 1.10. The molecule has 2 N–H and O–H groups in total. The van der Waals surface area contributed by atoms with E-state index >= 15 is 0 Å². The van der Waals surface area contributed by atoms with Gasteiger partial charge in [-0.1, -0.05) is 53.5 Å².